The first kappa shape index (κ1) is 15.2. The van der Waals surface area contributed by atoms with Crippen LogP contribution >= 0.6 is 0 Å². The molecule has 0 aromatic heterocycles. The van der Waals surface area contributed by atoms with Gasteiger partial charge in [-0.2, -0.15) is 0 Å². The lowest BCUT2D eigenvalue weighted by molar-refractivity contribution is 0.0402. The fraction of sp³-hybridized carbons (Fsp3) is 0.588. The third-order valence-corrected chi connectivity index (χ3v) is 3.92. The van der Waals surface area contributed by atoms with E-state index in [0.717, 1.165) is 38.3 Å². The van der Waals surface area contributed by atoms with Gasteiger partial charge in [0, 0.05) is 31.2 Å². The van der Waals surface area contributed by atoms with Gasteiger partial charge in [-0.15, -0.1) is 0 Å². The third-order valence-electron chi connectivity index (χ3n) is 3.92. The largest absolute Gasteiger partial charge is 0.381 e. The van der Waals surface area contributed by atoms with Gasteiger partial charge in [0.1, 0.15) is 0 Å². The molecule has 2 atom stereocenters. The van der Waals surface area contributed by atoms with E-state index in [1.165, 1.54) is 6.42 Å². The normalized spacial score (nSPS) is 20.9. The number of Topliss-reactive ketones (excluding diaryl/α,β-unsaturated/α-hetero) is 1. The average molecular weight is 275 g/mol. The van der Waals surface area contributed by atoms with E-state index >= 15 is 0 Å². The van der Waals surface area contributed by atoms with Crippen LogP contribution in [0.25, 0.3) is 0 Å². The van der Waals surface area contributed by atoms with E-state index in [1.807, 2.05) is 37.3 Å². The van der Waals surface area contributed by atoms with E-state index in [9.17, 15) is 4.79 Å². The molecular formula is C17H25NO2. The van der Waals surface area contributed by atoms with Crippen molar-refractivity contribution in [2.45, 2.75) is 19.8 Å². The van der Waals surface area contributed by atoms with Crippen molar-refractivity contribution >= 4 is 5.78 Å². The van der Waals surface area contributed by atoms with Crippen molar-refractivity contribution < 1.29 is 9.53 Å². The Morgan fingerprint density at radius 3 is 2.80 bits per heavy atom. The summed E-state index contributed by atoms with van der Waals surface area (Å²) in [5.74, 6) is 0.886. The molecule has 0 saturated carbocycles. The van der Waals surface area contributed by atoms with Crippen LogP contribution in [0.5, 0.6) is 0 Å². The molecule has 1 fully saturated rings. The van der Waals surface area contributed by atoms with Crippen molar-refractivity contribution in [3.63, 3.8) is 0 Å². The van der Waals surface area contributed by atoms with Gasteiger partial charge in [-0.3, -0.25) is 4.79 Å². The first-order chi connectivity index (χ1) is 9.66. The molecular weight excluding hydrogens is 250 g/mol. The molecule has 0 spiro atoms. The monoisotopic (exact) mass is 275 g/mol. The van der Waals surface area contributed by atoms with E-state index in [0.29, 0.717) is 5.92 Å². The van der Waals surface area contributed by atoms with Gasteiger partial charge in [-0.05, 0) is 25.8 Å². The number of ketones is 1. The number of carbonyl (C=O) groups excluding carboxylic acids is 1. The van der Waals surface area contributed by atoms with Crippen LogP contribution < -0.4 is 0 Å². The van der Waals surface area contributed by atoms with Gasteiger partial charge in [-0.25, -0.2) is 0 Å². The lowest BCUT2D eigenvalue weighted by atomic mass is 9.97. The van der Waals surface area contributed by atoms with E-state index in [2.05, 4.69) is 11.9 Å². The summed E-state index contributed by atoms with van der Waals surface area (Å²) in [7, 11) is 2.10. The van der Waals surface area contributed by atoms with Crippen molar-refractivity contribution in [2.75, 3.05) is 33.4 Å². The van der Waals surface area contributed by atoms with Crippen LogP contribution in [0.3, 0.4) is 0 Å². The summed E-state index contributed by atoms with van der Waals surface area (Å²) in [5, 5.41) is 0. The molecule has 110 valence electrons. The molecule has 20 heavy (non-hydrogen) atoms. The summed E-state index contributed by atoms with van der Waals surface area (Å²) >= 11 is 0. The summed E-state index contributed by atoms with van der Waals surface area (Å²) in [5.41, 5.74) is 0.814. The number of hydrogen-bond donors (Lipinski definition) is 0. The zero-order valence-electron chi connectivity index (χ0n) is 12.5. The second kappa shape index (κ2) is 7.55. The molecule has 0 radical (unpaired) electrons. The second-order valence-corrected chi connectivity index (χ2v) is 5.94. The molecule has 3 heteroatoms. The Labute approximate surface area is 121 Å². The number of ether oxygens (including phenoxy) is 1. The molecule has 3 nitrogen and oxygen atoms in total. The number of carbonyl (C=O) groups is 1. The van der Waals surface area contributed by atoms with Crippen molar-refractivity contribution in [3.05, 3.63) is 35.9 Å². The Hall–Kier alpha value is -1.19. The topological polar surface area (TPSA) is 29.5 Å². The van der Waals surface area contributed by atoms with E-state index < -0.39 is 0 Å². The van der Waals surface area contributed by atoms with Crippen molar-refractivity contribution in [2.24, 2.45) is 11.8 Å². The maximum Gasteiger partial charge on any atom is 0.166 e. The van der Waals surface area contributed by atoms with Gasteiger partial charge in [0.25, 0.3) is 0 Å². The molecule has 1 aliphatic heterocycles. The maximum absolute atomic E-state index is 12.3. The number of rotatable bonds is 6. The Kier molecular flexibility index (Phi) is 5.74. The summed E-state index contributed by atoms with van der Waals surface area (Å²) in [4.78, 5) is 14.6. The molecule has 1 aromatic carbocycles. The highest BCUT2D eigenvalue weighted by molar-refractivity contribution is 5.97. The molecule has 0 amide bonds. The van der Waals surface area contributed by atoms with E-state index in [1.54, 1.807) is 0 Å². The second-order valence-electron chi connectivity index (χ2n) is 5.94. The fourth-order valence-corrected chi connectivity index (χ4v) is 2.90. The minimum atomic E-state index is 0.0342. The maximum atomic E-state index is 12.3. The molecule has 2 unspecified atom stereocenters. The molecule has 1 aliphatic rings. The van der Waals surface area contributed by atoms with E-state index in [-0.39, 0.29) is 11.7 Å². The quantitative estimate of drug-likeness (QED) is 0.748. The van der Waals surface area contributed by atoms with Crippen LogP contribution in [0.15, 0.2) is 30.3 Å². The van der Waals surface area contributed by atoms with Crippen LogP contribution in [0.2, 0.25) is 0 Å². The lowest BCUT2D eigenvalue weighted by Gasteiger charge is -2.28. The first-order valence-electron chi connectivity index (χ1n) is 7.52. The van der Waals surface area contributed by atoms with Gasteiger partial charge in [0.15, 0.2) is 5.78 Å². The summed E-state index contributed by atoms with van der Waals surface area (Å²) < 4.78 is 5.51. The van der Waals surface area contributed by atoms with Crippen LogP contribution in [-0.2, 0) is 4.74 Å². The predicted octanol–water partition coefficient (Wildman–Crippen LogP) is 2.86. The number of benzene rings is 1. The standard InChI is InChI=1S/C17H25NO2/c1-14(17(19)16-8-4-3-5-9-16)11-18(2)12-15-7-6-10-20-13-15/h3-5,8-9,14-15H,6-7,10-13H2,1-2H3. The molecule has 1 heterocycles. The van der Waals surface area contributed by atoms with Crippen molar-refractivity contribution in [1.29, 1.82) is 0 Å². The van der Waals surface area contributed by atoms with Crippen LogP contribution in [-0.4, -0.2) is 44.0 Å². The lowest BCUT2D eigenvalue weighted by Crippen LogP contribution is -2.35. The Morgan fingerprint density at radius 2 is 2.15 bits per heavy atom. The minimum Gasteiger partial charge on any atom is -0.381 e. The highest BCUT2D eigenvalue weighted by Gasteiger charge is 2.20. The highest BCUT2D eigenvalue weighted by Crippen LogP contribution is 2.16. The van der Waals surface area contributed by atoms with Gasteiger partial charge in [0.05, 0.1) is 6.61 Å². The smallest absolute Gasteiger partial charge is 0.166 e. The summed E-state index contributed by atoms with van der Waals surface area (Å²) in [6, 6.07) is 9.57. The zero-order chi connectivity index (χ0) is 14.4. The fourth-order valence-electron chi connectivity index (χ4n) is 2.90. The first-order valence-corrected chi connectivity index (χ1v) is 7.52. The Bertz CT molecular complexity index is 412. The molecule has 0 aliphatic carbocycles. The zero-order valence-corrected chi connectivity index (χ0v) is 12.5. The Balaban J connectivity index is 1.81. The van der Waals surface area contributed by atoms with Gasteiger partial charge in [0.2, 0.25) is 0 Å². The van der Waals surface area contributed by atoms with Crippen molar-refractivity contribution in [3.8, 4) is 0 Å². The SMILES string of the molecule is CC(CN(C)CC1CCCOC1)C(=O)c1ccccc1. The van der Waals surface area contributed by atoms with Crippen molar-refractivity contribution in [1.82, 2.24) is 4.90 Å². The highest BCUT2D eigenvalue weighted by atomic mass is 16.5. The van der Waals surface area contributed by atoms with Crippen LogP contribution in [0.1, 0.15) is 30.1 Å². The van der Waals surface area contributed by atoms with Gasteiger partial charge < -0.3 is 9.64 Å². The molecule has 0 bridgehead atoms. The summed E-state index contributed by atoms with van der Waals surface area (Å²) in [6.45, 7) is 5.62. The van der Waals surface area contributed by atoms with E-state index in [4.69, 9.17) is 4.74 Å². The molecule has 1 aromatic rings. The predicted molar refractivity (Wildman–Crippen MR) is 81.0 cm³/mol. The van der Waals surface area contributed by atoms with Crippen LogP contribution in [0, 0.1) is 11.8 Å². The Morgan fingerprint density at radius 1 is 1.40 bits per heavy atom. The summed E-state index contributed by atoms with van der Waals surface area (Å²) in [6.07, 6.45) is 2.41. The third kappa shape index (κ3) is 4.43. The minimum absolute atomic E-state index is 0.0342. The molecule has 0 N–H and O–H groups in total. The average Bonchev–Trinajstić information content (AvgIpc) is 2.48. The molecule has 1 saturated heterocycles. The van der Waals surface area contributed by atoms with Gasteiger partial charge in [-0.1, -0.05) is 37.3 Å². The number of hydrogen-bond acceptors (Lipinski definition) is 3. The number of nitrogens with zero attached hydrogens (tertiary/aromatic N) is 1. The van der Waals surface area contributed by atoms with Gasteiger partial charge >= 0.3 is 0 Å². The molecule has 2 rings (SSSR count). The van der Waals surface area contributed by atoms with Crippen LogP contribution in [0.4, 0.5) is 0 Å².